The number of aliphatic hydroxyl groups excluding tert-OH is 1. The van der Waals surface area contributed by atoms with Gasteiger partial charge >= 0.3 is 0 Å². The van der Waals surface area contributed by atoms with Crippen LogP contribution in [0.25, 0.3) is 0 Å². The second-order valence-corrected chi connectivity index (χ2v) is 7.60. The monoisotopic (exact) mass is 339 g/mol. The molecule has 124 valence electrons. The average molecular weight is 339 g/mol. The van der Waals surface area contributed by atoms with E-state index in [-0.39, 0.29) is 18.2 Å². The van der Waals surface area contributed by atoms with Gasteiger partial charge in [-0.05, 0) is 25.5 Å². The highest BCUT2D eigenvalue weighted by Gasteiger charge is 2.51. The average Bonchev–Trinajstić information content (AvgIpc) is 3.00. The number of ether oxygens (including phenoxy) is 2. The Morgan fingerprint density at radius 2 is 1.96 bits per heavy atom. The van der Waals surface area contributed by atoms with Gasteiger partial charge in [-0.25, -0.2) is 12.7 Å². The zero-order valence-corrected chi connectivity index (χ0v) is 13.6. The van der Waals surface area contributed by atoms with Crippen molar-refractivity contribution in [3.8, 4) is 5.75 Å². The second-order valence-electron chi connectivity index (χ2n) is 5.59. The Hall–Kier alpha value is -2.22. The molecule has 0 bridgehead atoms. The Kier molecular flexibility index (Phi) is 3.51. The van der Waals surface area contributed by atoms with Crippen molar-refractivity contribution in [2.75, 3.05) is 19.4 Å². The summed E-state index contributed by atoms with van der Waals surface area (Å²) in [4.78, 5) is 12.5. The first kappa shape index (κ1) is 15.7. The lowest BCUT2D eigenvalue weighted by Gasteiger charge is -2.26. The van der Waals surface area contributed by atoms with Gasteiger partial charge in [0.2, 0.25) is 15.8 Å². The Morgan fingerprint density at radius 1 is 1.30 bits per heavy atom. The molecule has 1 unspecified atom stereocenters. The van der Waals surface area contributed by atoms with Gasteiger partial charge in [0.05, 0.1) is 12.9 Å². The first-order chi connectivity index (χ1) is 10.8. The van der Waals surface area contributed by atoms with E-state index in [1.54, 1.807) is 24.3 Å². The van der Waals surface area contributed by atoms with Gasteiger partial charge in [0.1, 0.15) is 5.75 Å². The second kappa shape index (κ2) is 5.16. The van der Waals surface area contributed by atoms with Crippen LogP contribution in [0.1, 0.15) is 18.9 Å². The van der Waals surface area contributed by atoms with E-state index in [1.807, 2.05) is 0 Å². The molecule has 1 saturated heterocycles. The van der Waals surface area contributed by atoms with Gasteiger partial charge in [-0.3, -0.25) is 4.79 Å². The number of hydrogen-bond acceptors (Lipinski definition) is 6. The fourth-order valence-corrected chi connectivity index (χ4v) is 4.24. The Bertz CT molecular complexity index is 783. The van der Waals surface area contributed by atoms with Crippen LogP contribution in [0.4, 0.5) is 0 Å². The fourth-order valence-electron chi connectivity index (χ4n) is 2.75. The summed E-state index contributed by atoms with van der Waals surface area (Å²) in [6.45, 7) is 1.69. The minimum absolute atomic E-state index is 0.0272. The maximum absolute atomic E-state index is 12.5. The van der Waals surface area contributed by atoms with Crippen LogP contribution in [0.15, 0.2) is 35.9 Å². The maximum Gasteiger partial charge on any atom is 0.252 e. The van der Waals surface area contributed by atoms with E-state index in [0.717, 1.165) is 4.31 Å². The summed E-state index contributed by atoms with van der Waals surface area (Å²) in [7, 11) is -2.03. The maximum atomic E-state index is 12.5. The summed E-state index contributed by atoms with van der Waals surface area (Å²) < 4.78 is 35.7. The lowest BCUT2D eigenvalue weighted by Crippen LogP contribution is -2.32. The van der Waals surface area contributed by atoms with E-state index in [1.165, 1.54) is 14.0 Å². The van der Waals surface area contributed by atoms with E-state index in [9.17, 15) is 18.3 Å². The van der Waals surface area contributed by atoms with Gasteiger partial charge < -0.3 is 14.6 Å². The number of Topliss-reactive ketones (excluding diaryl/α,β-unsaturated/α-hetero) is 1. The number of ketones is 1. The minimum atomic E-state index is -3.55. The normalized spacial score (nSPS) is 26.5. The third kappa shape index (κ3) is 2.33. The van der Waals surface area contributed by atoms with Gasteiger partial charge in [-0.2, -0.15) is 0 Å². The highest BCUT2D eigenvalue weighted by molar-refractivity contribution is 7.89. The zero-order valence-electron chi connectivity index (χ0n) is 12.8. The number of carbonyl (C=O) groups is 1. The van der Waals surface area contributed by atoms with Crippen molar-refractivity contribution in [2.45, 2.75) is 18.9 Å². The molecular formula is C15H17NO6S. The highest BCUT2D eigenvalue weighted by Crippen LogP contribution is 2.41. The molecule has 1 fully saturated rings. The molecule has 2 aliphatic rings. The third-order valence-electron chi connectivity index (χ3n) is 4.12. The van der Waals surface area contributed by atoms with Crippen LogP contribution in [-0.4, -0.2) is 43.0 Å². The molecule has 1 N–H and O–H groups in total. The van der Waals surface area contributed by atoms with Gasteiger partial charge in [-0.1, -0.05) is 12.1 Å². The molecule has 3 rings (SSSR count). The minimum Gasteiger partial charge on any atom is -0.501 e. The molecule has 7 nitrogen and oxygen atoms in total. The van der Waals surface area contributed by atoms with E-state index in [0.29, 0.717) is 17.7 Å². The topological polar surface area (TPSA) is 93.1 Å². The van der Waals surface area contributed by atoms with Gasteiger partial charge in [0, 0.05) is 12.1 Å². The molecule has 1 aromatic carbocycles. The lowest BCUT2D eigenvalue weighted by molar-refractivity contribution is -0.132. The molecule has 2 heterocycles. The number of benzene rings is 1. The van der Waals surface area contributed by atoms with E-state index in [2.05, 4.69) is 0 Å². The molecule has 0 aliphatic carbocycles. The van der Waals surface area contributed by atoms with E-state index >= 15 is 0 Å². The standard InChI is InChI=1S/C15H17NO6S/c1-15(10-4-6-11(21-2)7-5-10)13(18)12(17)14(22-15)16-8-3-9-23(16,19)20/h4-7,17H,3,8-9H2,1-2H3. The number of methoxy groups -OCH3 is 1. The number of hydrogen-bond donors (Lipinski definition) is 1. The Labute approximate surface area is 134 Å². The first-order valence-corrected chi connectivity index (χ1v) is 8.72. The molecular weight excluding hydrogens is 322 g/mol. The molecule has 23 heavy (non-hydrogen) atoms. The predicted molar refractivity (Wildman–Crippen MR) is 81.2 cm³/mol. The summed E-state index contributed by atoms with van der Waals surface area (Å²) >= 11 is 0. The van der Waals surface area contributed by atoms with Crippen LogP contribution in [0.3, 0.4) is 0 Å². The number of carbonyl (C=O) groups excluding carboxylic acids is 1. The van der Waals surface area contributed by atoms with Crippen molar-refractivity contribution in [2.24, 2.45) is 0 Å². The molecule has 0 spiro atoms. The number of aliphatic hydroxyl groups is 1. The molecule has 0 aromatic heterocycles. The molecule has 1 aromatic rings. The highest BCUT2D eigenvalue weighted by atomic mass is 32.2. The first-order valence-electron chi connectivity index (χ1n) is 7.11. The van der Waals surface area contributed by atoms with Gasteiger partial charge in [-0.15, -0.1) is 0 Å². The smallest absolute Gasteiger partial charge is 0.252 e. The molecule has 8 heteroatoms. The number of rotatable bonds is 3. The summed E-state index contributed by atoms with van der Waals surface area (Å²) in [5.41, 5.74) is -0.967. The summed E-state index contributed by atoms with van der Waals surface area (Å²) in [5, 5.41) is 10.1. The lowest BCUT2D eigenvalue weighted by atomic mass is 9.91. The quantitative estimate of drug-likeness (QED) is 0.891. The molecule has 0 radical (unpaired) electrons. The van der Waals surface area contributed by atoms with Crippen molar-refractivity contribution in [3.63, 3.8) is 0 Å². The van der Waals surface area contributed by atoms with Crippen molar-refractivity contribution < 1.29 is 27.8 Å². The van der Waals surface area contributed by atoms with Crippen LogP contribution < -0.4 is 4.74 Å². The molecule has 1 atom stereocenters. The number of sulfonamides is 1. The van der Waals surface area contributed by atoms with Gasteiger partial charge in [0.25, 0.3) is 11.7 Å². The fraction of sp³-hybridized carbons (Fsp3) is 0.400. The molecule has 2 aliphatic heterocycles. The summed E-state index contributed by atoms with van der Waals surface area (Å²) in [5.74, 6) is -1.03. The van der Waals surface area contributed by atoms with Crippen LogP contribution >= 0.6 is 0 Å². The van der Waals surface area contributed by atoms with E-state index < -0.39 is 27.2 Å². The molecule has 0 amide bonds. The van der Waals surface area contributed by atoms with Gasteiger partial charge in [0.15, 0.2) is 5.60 Å². The largest absolute Gasteiger partial charge is 0.501 e. The predicted octanol–water partition coefficient (Wildman–Crippen LogP) is 1.27. The molecule has 0 saturated carbocycles. The van der Waals surface area contributed by atoms with Crippen LogP contribution in [0.5, 0.6) is 5.75 Å². The summed E-state index contributed by atoms with van der Waals surface area (Å²) in [6, 6.07) is 6.62. The van der Waals surface area contributed by atoms with Crippen LogP contribution in [-0.2, 0) is 25.2 Å². The van der Waals surface area contributed by atoms with Crippen molar-refractivity contribution in [1.29, 1.82) is 0 Å². The van der Waals surface area contributed by atoms with Crippen LogP contribution in [0, 0.1) is 0 Å². The Morgan fingerprint density at radius 3 is 2.48 bits per heavy atom. The van der Waals surface area contributed by atoms with Crippen molar-refractivity contribution >= 4 is 15.8 Å². The Balaban J connectivity index is 1.97. The van der Waals surface area contributed by atoms with Crippen LogP contribution in [0.2, 0.25) is 0 Å². The zero-order chi connectivity index (χ0) is 16.8. The van der Waals surface area contributed by atoms with Crippen molar-refractivity contribution in [3.05, 3.63) is 41.5 Å². The summed E-state index contributed by atoms with van der Waals surface area (Å²) in [6.07, 6.45) is 0.427. The number of nitrogens with zero attached hydrogens (tertiary/aromatic N) is 1. The van der Waals surface area contributed by atoms with E-state index in [4.69, 9.17) is 9.47 Å². The third-order valence-corrected chi connectivity index (χ3v) is 5.94. The SMILES string of the molecule is COc1ccc(C2(C)OC(N3CCCS3(=O)=O)=C(O)C2=O)cc1. The van der Waals surface area contributed by atoms with Crippen molar-refractivity contribution in [1.82, 2.24) is 4.31 Å².